The SMILES string of the molecule is CCN(CC)CCCN(C(=O)c1ccc(-c2ccccc2)[nH]1)C(C(=O)NC1CCCCC1)c1ccc(OC)c(OC)c1. The number of amides is 2. The lowest BCUT2D eigenvalue weighted by Gasteiger charge is -2.34. The van der Waals surface area contributed by atoms with E-state index in [0.717, 1.165) is 63.0 Å². The number of hydrogen-bond acceptors (Lipinski definition) is 5. The van der Waals surface area contributed by atoms with E-state index in [0.29, 0.717) is 29.3 Å². The second-order valence-corrected chi connectivity index (χ2v) is 10.9. The summed E-state index contributed by atoms with van der Waals surface area (Å²) in [4.78, 5) is 35.9. The highest BCUT2D eigenvalue weighted by Crippen LogP contribution is 2.34. The molecule has 3 aromatic rings. The lowest BCUT2D eigenvalue weighted by molar-refractivity contribution is -0.127. The average molecular weight is 575 g/mol. The summed E-state index contributed by atoms with van der Waals surface area (Å²) >= 11 is 0. The van der Waals surface area contributed by atoms with Crippen LogP contribution < -0.4 is 14.8 Å². The van der Waals surface area contributed by atoms with E-state index in [9.17, 15) is 9.59 Å². The summed E-state index contributed by atoms with van der Waals surface area (Å²) in [6.45, 7) is 7.40. The fraction of sp³-hybridized carbons (Fsp3) is 0.471. The van der Waals surface area contributed by atoms with Crippen LogP contribution in [-0.4, -0.2) is 73.0 Å². The summed E-state index contributed by atoms with van der Waals surface area (Å²) in [5.74, 6) is 0.715. The number of aromatic amines is 1. The highest BCUT2D eigenvalue weighted by molar-refractivity contribution is 5.97. The number of rotatable bonds is 14. The third-order valence-electron chi connectivity index (χ3n) is 8.26. The van der Waals surface area contributed by atoms with Crippen LogP contribution in [0, 0.1) is 0 Å². The highest BCUT2D eigenvalue weighted by atomic mass is 16.5. The van der Waals surface area contributed by atoms with E-state index in [1.165, 1.54) is 6.42 Å². The van der Waals surface area contributed by atoms with Gasteiger partial charge in [0.1, 0.15) is 11.7 Å². The maximum atomic E-state index is 14.3. The third kappa shape index (κ3) is 7.73. The molecule has 1 fully saturated rings. The Bertz CT molecular complexity index is 1280. The number of H-pyrrole nitrogens is 1. The molecule has 2 amide bonds. The van der Waals surface area contributed by atoms with E-state index in [1.54, 1.807) is 25.2 Å². The molecule has 8 heteroatoms. The largest absolute Gasteiger partial charge is 0.493 e. The van der Waals surface area contributed by atoms with E-state index in [4.69, 9.17) is 9.47 Å². The van der Waals surface area contributed by atoms with Gasteiger partial charge >= 0.3 is 0 Å². The van der Waals surface area contributed by atoms with Crippen molar-refractivity contribution in [3.63, 3.8) is 0 Å². The standard InChI is InChI=1S/C34H46N4O4/c1-5-37(6-2)22-13-23-38(34(40)29-20-19-28(36-29)25-14-9-7-10-15-25)32(33(39)35-27-16-11-8-12-17-27)26-18-21-30(41-3)31(24-26)42-4/h7,9-10,14-15,18-21,24,27,32,36H,5-6,8,11-13,16-17,22-23H2,1-4H3,(H,35,39). The van der Waals surface area contributed by atoms with Gasteiger partial charge in [-0.1, -0.05) is 69.5 Å². The van der Waals surface area contributed by atoms with Gasteiger partial charge in [-0.25, -0.2) is 0 Å². The first-order valence-corrected chi connectivity index (χ1v) is 15.3. The Labute approximate surface area is 250 Å². The molecule has 42 heavy (non-hydrogen) atoms. The minimum Gasteiger partial charge on any atom is -0.493 e. The van der Waals surface area contributed by atoms with Gasteiger partial charge in [0, 0.05) is 18.3 Å². The Balaban J connectivity index is 1.72. The maximum absolute atomic E-state index is 14.3. The Kier molecular flexibility index (Phi) is 11.5. The predicted molar refractivity (Wildman–Crippen MR) is 167 cm³/mol. The van der Waals surface area contributed by atoms with Gasteiger partial charge in [0.05, 0.1) is 14.2 Å². The number of methoxy groups -OCH3 is 2. The highest BCUT2D eigenvalue weighted by Gasteiger charge is 2.34. The molecule has 2 aromatic carbocycles. The van der Waals surface area contributed by atoms with Crippen LogP contribution in [0.2, 0.25) is 0 Å². The van der Waals surface area contributed by atoms with Gasteiger partial charge in [0.15, 0.2) is 11.5 Å². The van der Waals surface area contributed by atoms with Gasteiger partial charge in [0.2, 0.25) is 5.91 Å². The quantitative estimate of drug-likeness (QED) is 0.244. The van der Waals surface area contributed by atoms with Gasteiger partial charge < -0.3 is 29.6 Å². The van der Waals surface area contributed by atoms with Crippen molar-refractivity contribution in [2.45, 2.75) is 64.5 Å². The first-order valence-electron chi connectivity index (χ1n) is 15.3. The van der Waals surface area contributed by atoms with Crippen molar-refractivity contribution < 1.29 is 19.1 Å². The number of ether oxygens (including phenoxy) is 2. The summed E-state index contributed by atoms with van der Waals surface area (Å²) < 4.78 is 11.1. The number of nitrogens with zero attached hydrogens (tertiary/aromatic N) is 2. The maximum Gasteiger partial charge on any atom is 0.271 e. The molecular weight excluding hydrogens is 528 g/mol. The summed E-state index contributed by atoms with van der Waals surface area (Å²) in [6, 6.07) is 18.4. The smallest absolute Gasteiger partial charge is 0.271 e. The molecular formula is C34H46N4O4. The van der Waals surface area contributed by atoms with Crippen LogP contribution in [0.1, 0.15) is 74.5 Å². The topological polar surface area (TPSA) is 86.9 Å². The minimum atomic E-state index is -0.834. The Hall–Kier alpha value is -3.78. The lowest BCUT2D eigenvalue weighted by Crippen LogP contribution is -2.47. The molecule has 2 N–H and O–H groups in total. The number of carbonyl (C=O) groups is 2. The Morgan fingerprint density at radius 3 is 2.29 bits per heavy atom. The van der Waals surface area contributed by atoms with Crippen molar-refractivity contribution in [3.8, 4) is 22.8 Å². The van der Waals surface area contributed by atoms with Crippen molar-refractivity contribution in [2.24, 2.45) is 0 Å². The summed E-state index contributed by atoms with van der Waals surface area (Å²) in [5, 5.41) is 3.30. The normalized spacial score (nSPS) is 14.4. The lowest BCUT2D eigenvalue weighted by atomic mass is 9.94. The van der Waals surface area contributed by atoms with E-state index >= 15 is 0 Å². The number of nitrogens with one attached hydrogen (secondary N) is 2. The van der Waals surface area contributed by atoms with Crippen molar-refractivity contribution in [1.29, 1.82) is 0 Å². The van der Waals surface area contributed by atoms with E-state index < -0.39 is 6.04 Å². The summed E-state index contributed by atoms with van der Waals surface area (Å²) in [6.07, 6.45) is 6.04. The number of aromatic nitrogens is 1. The summed E-state index contributed by atoms with van der Waals surface area (Å²) in [7, 11) is 3.17. The van der Waals surface area contributed by atoms with Gasteiger partial charge in [-0.3, -0.25) is 9.59 Å². The van der Waals surface area contributed by atoms with Gasteiger partial charge in [0.25, 0.3) is 5.91 Å². The summed E-state index contributed by atoms with van der Waals surface area (Å²) in [5.41, 5.74) is 2.99. The Morgan fingerprint density at radius 2 is 1.62 bits per heavy atom. The zero-order chi connectivity index (χ0) is 29.9. The monoisotopic (exact) mass is 574 g/mol. The van der Waals surface area contributed by atoms with Crippen LogP contribution >= 0.6 is 0 Å². The zero-order valence-electron chi connectivity index (χ0n) is 25.5. The molecule has 1 heterocycles. The fourth-order valence-electron chi connectivity index (χ4n) is 5.84. The second-order valence-electron chi connectivity index (χ2n) is 10.9. The van der Waals surface area contributed by atoms with Crippen LogP contribution in [0.5, 0.6) is 11.5 Å². The molecule has 0 aliphatic heterocycles. The number of carbonyl (C=O) groups excluding carboxylic acids is 2. The van der Waals surface area contributed by atoms with Gasteiger partial charge in [-0.05, 0) is 74.3 Å². The Morgan fingerprint density at radius 1 is 0.905 bits per heavy atom. The molecule has 8 nitrogen and oxygen atoms in total. The molecule has 1 unspecified atom stereocenters. The molecule has 1 saturated carbocycles. The average Bonchev–Trinajstić information content (AvgIpc) is 3.53. The van der Waals surface area contributed by atoms with Crippen LogP contribution in [0.15, 0.2) is 60.7 Å². The van der Waals surface area contributed by atoms with E-state index in [-0.39, 0.29) is 17.9 Å². The van der Waals surface area contributed by atoms with Crippen LogP contribution in [0.25, 0.3) is 11.3 Å². The molecule has 226 valence electrons. The minimum absolute atomic E-state index is 0.108. The molecule has 1 aliphatic rings. The molecule has 1 aromatic heterocycles. The molecule has 0 spiro atoms. The molecule has 1 aliphatic carbocycles. The fourth-order valence-corrected chi connectivity index (χ4v) is 5.84. The van der Waals surface area contributed by atoms with Gasteiger partial charge in [-0.2, -0.15) is 0 Å². The van der Waals surface area contributed by atoms with Crippen LogP contribution in [-0.2, 0) is 4.79 Å². The van der Waals surface area contributed by atoms with Crippen LogP contribution in [0.4, 0.5) is 0 Å². The van der Waals surface area contributed by atoms with Crippen molar-refractivity contribution in [3.05, 3.63) is 71.9 Å². The number of hydrogen-bond donors (Lipinski definition) is 2. The molecule has 0 radical (unpaired) electrons. The molecule has 4 rings (SSSR count). The molecule has 0 saturated heterocycles. The van der Waals surface area contributed by atoms with Gasteiger partial charge in [-0.15, -0.1) is 0 Å². The third-order valence-corrected chi connectivity index (χ3v) is 8.26. The van der Waals surface area contributed by atoms with Crippen molar-refractivity contribution >= 4 is 11.8 Å². The first kappa shape index (κ1) is 31.2. The first-order chi connectivity index (χ1) is 20.5. The van der Waals surface area contributed by atoms with Crippen molar-refractivity contribution in [1.82, 2.24) is 20.1 Å². The zero-order valence-corrected chi connectivity index (χ0v) is 25.5. The van der Waals surface area contributed by atoms with Crippen molar-refractivity contribution in [2.75, 3.05) is 40.4 Å². The van der Waals surface area contributed by atoms with E-state index in [1.807, 2.05) is 54.6 Å². The molecule has 1 atom stereocenters. The second kappa shape index (κ2) is 15.4. The van der Waals surface area contributed by atoms with E-state index in [2.05, 4.69) is 29.0 Å². The molecule has 0 bridgehead atoms. The van der Waals surface area contributed by atoms with Crippen LogP contribution in [0.3, 0.4) is 0 Å². The number of benzene rings is 2. The predicted octanol–water partition coefficient (Wildman–Crippen LogP) is 6.06.